The summed E-state index contributed by atoms with van der Waals surface area (Å²) in [6.45, 7) is 7.79. The molecular formula is C27H26N6O. The molecule has 0 atom stereocenters. The summed E-state index contributed by atoms with van der Waals surface area (Å²) >= 11 is 0. The summed E-state index contributed by atoms with van der Waals surface area (Å²) < 4.78 is 2.08. The average molecular weight is 451 g/mol. The van der Waals surface area contributed by atoms with E-state index in [1.807, 2.05) is 38.1 Å². The van der Waals surface area contributed by atoms with E-state index in [4.69, 9.17) is 10.5 Å². The lowest BCUT2D eigenvalue weighted by atomic mass is 10.0. The van der Waals surface area contributed by atoms with Crippen molar-refractivity contribution in [1.29, 1.82) is 15.8 Å². The second-order valence-electron chi connectivity index (χ2n) is 7.71. The smallest absolute Gasteiger partial charge is 0.271 e. The Morgan fingerprint density at radius 1 is 1.06 bits per heavy atom. The molecule has 170 valence electrons. The number of carbonyl (C=O) groups excluding carboxylic acids is 1. The van der Waals surface area contributed by atoms with Crippen LogP contribution in [0.25, 0.3) is 11.1 Å². The van der Waals surface area contributed by atoms with Gasteiger partial charge in [0, 0.05) is 43.8 Å². The zero-order chi connectivity index (χ0) is 25.3. The van der Waals surface area contributed by atoms with Crippen LogP contribution in [0.15, 0.2) is 55.3 Å². The van der Waals surface area contributed by atoms with E-state index in [0.717, 1.165) is 28.1 Å². The molecule has 0 radical (unpaired) electrons. The number of pyridine rings is 1. The molecule has 0 aliphatic heterocycles. The molecule has 2 heterocycles. The molecule has 0 fully saturated rings. The van der Waals surface area contributed by atoms with Crippen molar-refractivity contribution in [1.82, 2.24) is 14.5 Å². The maximum atomic E-state index is 12.0. The third-order valence-electron chi connectivity index (χ3n) is 5.22. The monoisotopic (exact) mass is 450 g/mol. The minimum Gasteiger partial charge on any atom is -0.343 e. The summed E-state index contributed by atoms with van der Waals surface area (Å²) in [5, 5.41) is 26.5. The zero-order valence-corrected chi connectivity index (χ0v) is 19.8. The topological polar surface area (TPSA) is 110 Å². The fraction of sp³-hybridized carbons (Fsp3) is 0.222. The van der Waals surface area contributed by atoms with Crippen molar-refractivity contribution in [3.05, 3.63) is 89.0 Å². The molecule has 2 aromatic heterocycles. The summed E-state index contributed by atoms with van der Waals surface area (Å²) in [5.74, 6) is -0.139. The van der Waals surface area contributed by atoms with E-state index in [2.05, 4.69) is 28.3 Å². The number of benzene rings is 1. The molecule has 0 saturated heterocycles. The van der Waals surface area contributed by atoms with Crippen LogP contribution in [0.3, 0.4) is 0 Å². The SMILES string of the molecule is C=CCC#N.Cc1c(C#N)c(-c2ccc(C#N)cc2)c(C)n1Cc1ccc(C(=O)N(C)C)nc1. The molecule has 1 aromatic carbocycles. The van der Waals surface area contributed by atoms with E-state index in [9.17, 15) is 10.1 Å². The predicted molar refractivity (Wildman–Crippen MR) is 131 cm³/mol. The number of hydrogen-bond donors (Lipinski definition) is 0. The lowest BCUT2D eigenvalue weighted by molar-refractivity contribution is 0.0822. The van der Waals surface area contributed by atoms with Crippen LogP contribution in [0.5, 0.6) is 0 Å². The minimum absolute atomic E-state index is 0.139. The second-order valence-corrected chi connectivity index (χ2v) is 7.71. The Balaban J connectivity index is 0.000000739. The zero-order valence-electron chi connectivity index (χ0n) is 19.8. The largest absolute Gasteiger partial charge is 0.343 e. The number of nitriles is 3. The van der Waals surface area contributed by atoms with E-state index in [0.29, 0.717) is 29.8 Å². The first-order valence-electron chi connectivity index (χ1n) is 10.5. The van der Waals surface area contributed by atoms with Gasteiger partial charge in [-0.3, -0.25) is 9.78 Å². The van der Waals surface area contributed by atoms with Gasteiger partial charge in [0.15, 0.2) is 0 Å². The lowest BCUT2D eigenvalue weighted by Gasteiger charge is -2.12. The van der Waals surface area contributed by atoms with Crippen LogP contribution in [0.2, 0.25) is 0 Å². The number of nitrogens with zero attached hydrogens (tertiary/aromatic N) is 6. The van der Waals surface area contributed by atoms with Crippen LogP contribution >= 0.6 is 0 Å². The molecule has 3 aromatic rings. The Morgan fingerprint density at radius 2 is 1.74 bits per heavy atom. The number of rotatable bonds is 5. The maximum absolute atomic E-state index is 12.0. The second kappa shape index (κ2) is 11.8. The van der Waals surface area contributed by atoms with Gasteiger partial charge in [0.25, 0.3) is 5.91 Å². The van der Waals surface area contributed by atoms with Crippen LogP contribution in [0.4, 0.5) is 0 Å². The molecule has 0 aliphatic rings. The van der Waals surface area contributed by atoms with E-state index in [1.165, 1.54) is 4.90 Å². The maximum Gasteiger partial charge on any atom is 0.271 e. The van der Waals surface area contributed by atoms with Gasteiger partial charge in [0.2, 0.25) is 0 Å². The van der Waals surface area contributed by atoms with Gasteiger partial charge in [-0.15, -0.1) is 6.58 Å². The molecule has 1 amide bonds. The Kier molecular flexibility index (Phi) is 8.89. The summed E-state index contributed by atoms with van der Waals surface area (Å²) in [6.07, 6.45) is 3.73. The molecule has 3 rings (SSSR count). The van der Waals surface area contributed by atoms with Gasteiger partial charge in [-0.2, -0.15) is 15.8 Å². The van der Waals surface area contributed by atoms with Gasteiger partial charge in [0.05, 0.1) is 29.7 Å². The molecular weight excluding hydrogens is 424 g/mol. The summed E-state index contributed by atoms with van der Waals surface area (Å²) in [5.41, 5.74) is 6.17. The first-order valence-corrected chi connectivity index (χ1v) is 10.5. The van der Waals surface area contributed by atoms with Crippen LogP contribution in [0.1, 0.15) is 45.0 Å². The molecule has 0 aliphatic carbocycles. The molecule has 0 saturated carbocycles. The summed E-state index contributed by atoms with van der Waals surface area (Å²) in [7, 11) is 3.39. The Bertz CT molecular complexity index is 1290. The summed E-state index contributed by atoms with van der Waals surface area (Å²) in [6, 6.07) is 17.2. The number of carbonyl (C=O) groups is 1. The van der Waals surface area contributed by atoms with Crippen molar-refractivity contribution in [2.45, 2.75) is 26.8 Å². The van der Waals surface area contributed by atoms with Gasteiger partial charge in [-0.05, 0) is 43.2 Å². The van der Waals surface area contributed by atoms with Crippen LogP contribution < -0.4 is 0 Å². The number of aromatic nitrogens is 2. The highest BCUT2D eigenvalue weighted by Crippen LogP contribution is 2.32. The van der Waals surface area contributed by atoms with Gasteiger partial charge < -0.3 is 9.47 Å². The predicted octanol–water partition coefficient (Wildman–Crippen LogP) is 4.75. The van der Waals surface area contributed by atoms with E-state index >= 15 is 0 Å². The highest BCUT2D eigenvalue weighted by molar-refractivity contribution is 5.91. The Labute approximate surface area is 200 Å². The quantitative estimate of drug-likeness (QED) is 0.521. The van der Waals surface area contributed by atoms with E-state index in [1.54, 1.807) is 44.6 Å². The Morgan fingerprint density at radius 3 is 2.18 bits per heavy atom. The van der Waals surface area contributed by atoms with Gasteiger partial charge >= 0.3 is 0 Å². The minimum atomic E-state index is -0.139. The fourth-order valence-corrected chi connectivity index (χ4v) is 3.44. The van der Waals surface area contributed by atoms with Crippen LogP contribution in [0, 0.1) is 47.8 Å². The molecule has 0 unspecified atom stereocenters. The van der Waals surface area contributed by atoms with Crippen molar-refractivity contribution in [2.24, 2.45) is 0 Å². The Hall–Kier alpha value is -4.67. The molecule has 0 bridgehead atoms. The van der Waals surface area contributed by atoms with Gasteiger partial charge in [-0.1, -0.05) is 24.3 Å². The number of amides is 1. The van der Waals surface area contributed by atoms with Crippen LogP contribution in [-0.4, -0.2) is 34.5 Å². The normalized spacial score (nSPS) is 9.56. The van der Waals surface area contributed by atoms with Crippen molar-refractivity contribution < 1.29 is 4.79 Å². The molecule has 34 heavy (non-hydrogen) atoms. The van der Waals surface area contributed by atoms with E-state index < -0.39 is 0 Å². The lowest BCUT2D eigenvalue weighted by Crippen LogP contribution is -2.22. The fourth-order valence-electron chi connectivity index (χ4n) is 3.44. The summed E-state index contributed by atoms with van der Waals surface area (Å²) in [4.78, 5) is 17.8. The first kappa shape index (κ1) is 25.6. The highest BCUT2D eigenvalue weighted by atomic mass is 16.2. The molecule has 7 nitrogen and oxygen atoms in total. The van der Waals surface area contributed by atoms with Crippen LogP contribution in [-0.2, 0) is 6.54 Å². The van der Waals surface area contributed by atoms with Crippen molar-refractivity contribution >= 4 is 5.91 Å². The molecule has 7 heteroatoms. The van der Waals surface area contributed by atoms with Gasteiger partial charge in [0.1, 0.15) is 11.8 Å². The van der Waals surface area contributed by atoms with Gasteiger partial charge in [-0.25, -0.2) is 0 Å². The third kappa shape index (κ3) is 5.76. The molecule has 0 spiro atoms. The van der Waals surface area contributed by atoms with Crippen molar-refractivity contribution in [2.75, 3.05) is 14.1 Å². The number of hydrogen-bond acceptors (Lipinski definition) is 5. The van der Waals surface area contributed by atoms with E-state index in [-0.39, 0.29) is 5.91 Å². The number of allylic oxidation sites excluding steroid dienone is 1. The third-order valence-corrected chi connectivity index (χ3v) is 5.22. The highest BCUT2D eigenvalue weighted by Gasteiger charge is 2.19. The molecule has 0 N–H and O–H groups in total. The first-order chi connectivity index (χ1) is 16.3. The average Bonchev–Trinajstić information content (AvgIpc) is 3.09. The standard InChI is InChI=1S/C23H21N5O.C4H5N/c1-15-20(12-25)22(19-8-5-17(11-24)6-9-19)16(2)28(15)14-18-7-10-21(26-13-18)23(29)27(3)4;1-2-3-4-5/h5-10,13H,14H2,1-4H3;2H,1,3H2. The van der Waals surface area contributed by atoms with Crippen molar-refractivity contribution in [3.8, 4) is 29.3 Å². The van der Waals surface area contributed by atoms with Crippen molar-refractivity contribution in [3.63, 3.8) is 0 Å².